The predicted molar refractivity (Wildman–Crippen MR) is 150 cm³/mol. The molecule has 2 fully saturated rings. The molecule has 2 heterocycles. The summed E-state index contributed by atoms with van der Waals surface area (Å²) in [6, 6.07) is 16.7. The molecule has 2 aromatic carbocycles. The summed E-state index contributed by atoms with van der Waals surface area (Å²) in [4.78, 5) is 20.7. The third kappa shape index (κ3) is 8.93. The third-order valence-corrected chi connectivity index (χ3v) is 7.14. The minimum Gasteiger partial charge on any atom is -0.497 e. The van der Waals surface area contributed by atoms with Gasteiger partial charge in [0.2, 0.25) is 5.91 Å². The van der Waals surface area contributed by atoms with Crippen molar-refractivity contribution in [3.8, 4) is 5.75 Å². The lowest BCUT2D eigenvalue weighted by Gasteiger charge is -2.39. The van der Waals surface area contributed by atoms with Gasteiger partial charge in [-0.3, -0.25) is 9.69 Å². The molecule has 0 N–H and O–H groups in total. The molecule has 8 heteroatoms. The Morgan fingerprint density at radius 3 is 2.03 bits per heavy atom. The van der Waals surface area contributed by atoms with E-state index in [4.69, 9.17) is 9.47 Å². The van der Waals surface area contributed by atoms with E-state index in [1.54, 1.807) is 7.11 Å². The van der Waals surface area contributed by atoms with Crippen molar-refractivity contribution in [3.63, 3.8) is 0 Å². The minimum absolute atomic E-state index is 0. The Labute approximate surface area is 228 Å². The molecule has 2 aliphatic rings. The Kier molecular flexibility index (Phi) is 13.0. The average Bonchev–Trinajstić information content (AvgIpc) is 2.88. The highest BCUT2D eigenvalue weighted by atomic mass is 35.5. The summed E-state index contributed by atoms with van der Waals surface area (Å²) in [7, 11) is 1.66. The van der Waals surface area contributed by atoms with Gasteiger partial charge >= 0.3 is 0 Å². The maximum Gasteiger partial charge on any atom is 0.227 e. The van der Waals surface area contributed by atoms with Gasteiger partial charge in [-0.15, -0.1) is 24.8 Å². The van der Waals surface area contributed by atoms with Crippen LogP contribution in [0, 0.1) is 6.92 Å². The number of morpholine rings is 1. The van der Waals surface area contributed by atoms with E-state index in [9.17, 15) is 4.79 Å². The fraction of sp³-hybridized carbons (Fsp3) is 0.536. The van der Waals surface area contributed by atoms with Gasteiger partial charge in [-0.2, -0.15) is 0 Å². The lowest BCUT2D eigenvalue weighted by Crippen LogP contribution is -2.49. The van der Waals surface area contributed by atoms with Crippen LogP contribution in [0.25, 0.3) is 0 Å². The number of likely N-dealkylation sites (tertiary alicyclic amines) is 1. The van der Waals surface area contributed by atoms with Gasteiger partial charge in [0.25, 0.3) is 0 Å². The molecule has 0 atom stereocenters. The van der Waals surface area contributed by atoms with Gasteiger partial charge in [0.05, 0.1) is 26.7 Å². The Balaban J connectivity index is 0.00000228. The van der Waals surface area contributed by atoms with Gasteiger partial charge in [0.1, 0.15) is 5.75 Å². The molecule has 36 heavy (non-hydrogen) atoms. The van der Waals surface area contributed by atoms with Crippen LogP contribution in [0.1, 0.15) is 29.5 Å². The number of carbonyl (C=O) groups excluding carboxylic acids is 1. The molecule has 0 aromatic heterocycles. The number of ether oxygens (including phenoxy) is 2. The Bertz CT molecular complexity index is 897. The van der Waals surface area contributed by atoms with Crippen LogP contribution in [0.15, 0.2) is 48.5 Å². The van der Waals surface area contributed by atoms with E-state index in [1.165, 1.54) is 11.1 Å². The first-order valence-corrected chi connectivity index (χ1v) is 12.6. The highest BCUT2D eigenvalue weighted by molar-refractivity contribution is 5.85. The molecule has 0 aliphatic carbocycles. The topological polar surface area (TPSA) is 45.2 Å². The van der Waals surface area contributed by atoms with Crippen LogP contribution >= 0.6 is 24.8 Å². The quantitative estimate of drug-likeness (QED) is 0.479. The van der Waals surface area contributed by atoms with Crippen molar-refractivity contribution in [2.75, 3.05) is 59.6 Å². The van der Waals surface area contributed by atoms with Gasteiger partial charge in [-0.05, 0) is 43.0 Å². The highest BCUT2D eigenvalue weighted by Crippen LogP contribution is 2.22. The minimum atomic E-state index is 0. The number of benzene rings is 2. The molecule has 0 saturated carbocycles. The van der Waals surface area contributed by atoms with Gasteiger partial charge < -0.3 is 19.3 Å². The zero-order valence-electron chi connectivity index (χ0n) is 21.6. The molecule has 1 amide bonds. The number of halogens is 2. The third-order valence-electron chi connectivity index (χ3n) is 7.14. The summed E-state index contributed by atoms with van der Waals surface area (Å²) >= 11 is 0. The van der Waals surface area contributed by atoms with Gasteiger partial charge in [0.15, 0.2) is 0 Å². The fourth-order valence-corrected chi connectivity index (χ4v) is 4.89. The molecule has 0 spiro atoms. The molecule has 2 aromatic rings. The smallest absolute Gasteiger partial charge is 0.227 e. The van der Waals surface area contributed by atoms with Crippen molar-refractivity contribution >= 4 is 30.7 Å². The first kappa shape index (κ1) is 30.4. The van der Waals surface area contributed by atoms with Gasteiger partial charge in [0, 0.05) is 51.9 Å². The van der Waals surface area contributed by atoms with E-state index in [2.05, 4.69) is 45.9 Å². The zero-order chi connectivity index (χ0) is 23.8. The van der Waals surface area contributed by atoms with E-state index < -0.39 is 0 Å². The van der Waals surface area contributed by atoms with Crippen LogP contribution < -0.4 is 4.74 Å². The van der Waals surface area contributed by atoms with E-state index in [1.807, 2.05) is 24.3 Å². The SMILES string of the molecule is COc1ccc(CC(=O)N(Cc2ccc(C)cc2)C2CCN(CCN3CCOCC3)CC2)cc1.Cl.Cl. The largest absolute Gasteiger partial charge is 0.497 e. The van der Waals surface area contributed by atoms with Crippen molar-refractivity contribution in [2.45, 2.75) is 38.8 Å². The predicted octanol–water partition coefficient (Wildman–Crippen LogP) is 4.22. The molecule has 6 nitrogen and oxygen atoms in total. The monoisotopic (exact) mass is 537 g/mol. The fourth-order valence-electron chi connectivity index (χ4n) is 4.89. The second-order valence-corrected chi connectivity index (χ2v) is 9.56. The lowest BCUT2D eigenvalue weighted by molar-refractivity contribution is -0.134. The van der Waals surface area contributed by atoms with E-state index in [0.717, 1.165) is 76.6 Å². The second-order valence-electron chi connectivity index (χ2n) is 9.56. The number of nitrogens with zero attached hydrogens (tertiary/aromatic N) is 3. The van der Waals surface area contributed by atoms with Crippen LogP contribution in [0.4, 0.5) is 0 Å². The van der Waals surface area contributed by atoms with Crippen LogP contribution in [-0.4, -0.2) is 86.2 Å². The summed E-state index contributed by atoms with van der Waals surface area (Å²) in [6.07, 6.45) is 2.49. The number of aryl methyl sites for hydroxylation is 1. The van der Waals surface area contributed by atoms with Crippen LogP contribution in [0.3, 0.4) is 0 Å². The number of piperidine rings is 1. The van der Waals surface area contributed by atoms with E-state index in [-0.39, 0.29) is 36.8 Å². The standard InChI is InChI=1S/C28H39N3O3.2ClH/c1-23-3-5-25(6-4-23)22-31(28(32)21-24-7-9-27(33-2)10-8-24)26-11-13-29(14-12-26)15-16-30-17-19-34-20-18-30;;/h3-10,26H,11-22H2,1-2H3;2*1H. The number of hydrogen-bond donors (Lipinski definition) is 0. The Morgan fingerprint density at radius 1 is 0.889 bits per heavy atom. The van der Waals surface area contributed by atoms with Crippen molar-refractivity contribution < 1.29 is 14.3 Å². The van der Waals surface area contributed by atoms with Crippen LogP contribution in [0.5, 0.6) is 5.75 Å². The molecule has 4 rings (SSSR count). The van der Waals surface area contributed by atoms with Crippen molar-refractivity contribution in [2.24, 2.45) is 0 Å². The van der Waals surface area contributed by atoms with Crippen LogP contribution in [-0.2, 0) is 22.5 Å². The van der Waals surface area contributed by atoms with Crippen LogP contribution in [0.2, 0.25) is 0 Å². The highest BCUT2D eigenvalue weighted by Gasteiger charge is 2.28. The zero-order valence-corrected chi connectivity index (χ0v) is 23.2. The van der Waals surface area contributed by atoms with Crippen molar-refractivity contribution in [1.82, 2.24) is 14.7 Å². The molecule has 2 aliphatic heterocycles. The number of rotatable bonds is 9. The Hall–Kier alpha value is -1.83. The molecule has 200 valence electrons. The maximum atomic E-state index is 13.5. The second kappa shape index (κ2) is 15.4. The molecular weight excluding hydrogens is 497 g/mol. The molecule has 0 bridgehead atoms. The Morgan fingerprint density at radius 2 is 1.44 bits per heavy atom. The normalized spacial score (nSPS) is 17.1. The maximum absolute atomic E-state index is 13.5. The van der Waals surface area contributed by atoms with Crippen molar-refractivity contribution in [3.05, 3.63) is 65.2 Å². The molecular formula is C28H41Cl2N3O3. The molecule has 0 unspecified atom stereocenters. The number of hydrogen-bond acceptors (Lipinski definition) is 5. The number of methoxy groups -OCH3 is 1. The summed E-state index contributed by atoms with van der Waals surface area (Å²) < 4.78 is 10.7. The van der Waals surface area contributed by atoms with Gasteiger partial charge in [-0.25, -0.2) is 0 Å². The first-order chi connectivity index (χ1) is 16.6. The lowest BCUT2D eigenvalue weighted by atomic mass is 10.0. The summed E-state index contributed by atoms with van der Waals surface area (Å²) in [5.74, 6) is 1.02. The van der Waals surface area contributed by atoms with E-state index >= 15 is 0 Å². The average molecular weight is 539 g/mol. The van der Waals surface area contributed by atoms with Crippen molar-refractivity contribution in [1.29, 1.82) is 0 Å². The van der Waals surface area contributed by atoms with E-state index in [0.29, 0.717) is 13.0 Å². The summed E-state index contributed by atoms with van der Waals surface area (Å²) in [5, 5.41) is 0. The molecule has 0 radical (unpaired) electrons. The number of amides is 1. The van der Waals surface area contributed by atoms with Gasteiger partial charge in [-0.1, -0.05) is 42.0 Å². The summed E-state index contributed by atoms with van der Waals surface area (Å²) in [5.41, 5.74) is 3.47. The first-order valence-electron chi connectivity index (χ1n) is 12.6. The molecule has 2 saturated heterocycles. The summed E-state index contributed by atoms with van der Waals surface area (Å²) in [6.45, 7) is 10.9. The number of carbonyl (C=O) groups is 1.